The largest absolute Gasteiger partial charge is 0.373 e. The first kappa shape index (κ1) is 12.5. The van der Waals surface area contributed by atoms with Crippen LogP contribution in [0.2, 0.25) is 0 Å². The number of ether oxygens (including phenoxy) is 1. The van der Waals surface area contributed by atoms with Crippen molar-refractivity contribution >= 4 is 5.91 Å². The Kier molecular flexibility index (Phi) is 4.54. The normalized spacial score (nSPS) is 24.3. The monoisotopic (exact) mass is 214 g/mol. The van der Waals surface area contributed by atoms with Crippen LogP contribution in [0, 0.1) is 5.92 Å². The van der Waals surface area contributed by atoms with E-state index >= 15 is 0 Å². The van der Waals surface area contributed by atoms with E-state index in [0.717, 1.165) is 0 Å². The van der Waals surface area contributed by atoms with Gasteiger partial charge in [-0.1, -0.05) is 13.8 Å². The lowest BCUT2D eigenvalue weighted by atomic mass is 10.1. The van der Waals surface area contributed by atoms with Gasteiger partial charge in [-0.25, -0.2) is 0 Å². The molecule has 4 heteroatoms. The lowest BCUT2D eigenvalue weighted by Gasteiger charge is -2.35. The number of hydrogen-bond acceptors (Lipinski definition) is 3. The highest BCUT2D eigenvalue weighted by Gasteiger charge is 2.26. The van der Waals surface area contributed by atoms with Crippen molar-refractivity contribution in [2.24, 2.45) is 11.7 Å². The van der Waals surface area contributed by atoms with Gasteiger partial charge in [0, 0.05) is 25.6 Å². The molecule has 4 nitrogen and oxygen atoms in total. The Bertz CT molecular complexity index is 217. The third-order valence-electron chi connectivity index (χ3n) is 2.62. The van der Waals surface area contributed by atoms with Gasteiger partial charge < -0.3 is 15.4 Å². The minimum atomic E-state index is -0.0142. The van der Waals surface area contributed by atoms with Crippen LogP contribution in [0.15, 0.2) is 0 Å². The molecule has 2 N–H and O–H groups in total. The van der Waals surface area contributed by atoms with Gasteiger partial charge >= 0.3 is 0 Å². The van der Waals surface area contributed by atoms with Crippen molar-refractivity contribution in [3.8, 4) is 0 Å². The average molecular weight is 214 g/mol. The van der Waals surface area contributed by atoms with Crippen LogP contribution in [0.25, 0.3) is 0 Å². The molecule has 0 bridgehead atoms. The number of carbonyl (C=O) groups is 1. The number of nitrogens with two attached hydrogens (primary N) is 1. The predicted octanol–water partition coefficient (Wildman–Crippen LogP) is 0.607. The Balaban J connectivity index is 2.45. The van der Waals surface area contributed by atoms with Crippen molar-refractivity contribution in [3.63, 3.8) is 0 Å². The Morgan fingerprint density at radius 1 is 1.53 bits per heavy atom. The smallest absolute Gasteiger partial charge is 0.222 e. The molecule has 1 aliphatic heterocycles. The molecule has 0 aromatic rings. The Morgan fingerprint density at radius 3 is 2.73 bits per heavy atom. The molecule has 1 saturated heterocycles. The molecule has 0 spiro atoms. The van der Waals surface area contributed by atoms with Crippen molar-refractivity contribution in [2.45, 2.75) is 39.3 Å². The molecule has 1 fully saturated rings. The van der Waals surface area contributed by atoms with Crippen molar-refractivity contribution < 1.29 is 9.53 Å². The number of hydrogen-bond donors (Lipinski definition) is 1. The summed E-state index contributed by atoms with van der Waals surface area (Å²) < 4.78 is 5.51. The van der Waals surface area contributed by atoms with Crippen molar-refractivity contribution in [1.82, 2.24) is 4.90 Å². The Labute approximate surface area is 91.8 Å². The second kappa shape index (κ2) is 5.47. The van der Waals surface area contributed by atoms with E-state index in [4.69, 9.17) is 10.5 Å². The summed E-state index contributed by atoms with van der Waals surface area (Å²) in [5, 5.41) is 0. The van der Waals surface area contributed by atoms with Gasteiger partial charge in [0.1, 0.15) is 0 Å². The molecule has 1 heterocycles. The zero-order valence-corrected chi connectivity index (χ0v) is 9.90. The van der Waals surface area contributed by atoms with Crippen LogP contribution >= 0.6 is 0 Å². The van der Waals surface area contributed by atoms with Crippen LogP contribution in [-0.4, -0.2) is 42.6 Å². The first-order valence-corrected chi connectivity index (χ1v) is 5.65. The second-order valence-electron chi connectivity index (χ2n) is 4.71. The van der Waals surface area contributed by atoms with E-state index in [1.54, 1.807) is 0 Å². The van der Waals surface area contributed by atoms with Crippen LogP contribution in [0.3, 0.4) is 0 Å². The first-order chi connectivity index (χ1) is 7.00. The summed E-state index contributed by atoms with van der Waals surface area (Å²) in [7, 11) is 0. The Morgan fingerprint density at radius 2 is 2.20 bits per heavy atom. The van der Waals surface area contributed by atoms with E-state index in [1.807, 2.05) is 11.8 Å². The first-order valence-electron chi connectivity index (χ1n) is 5.65. The molecule has 0 saturated carbocycles. The summed E-state index contributed by atoms with van der Waals surface area (Å²) in [6, 6.07) is -0.0142. The number of morpholine rings is 1. The molecule has 88 valence electrons. The van der Waals surface area contributed by atoms with E-state index in [2.05, 4.69) is 13.8 Å². The standard InChI is InChI=1S/C11H22N2O2/c1-8(2)6-11(14)13-4-5-15-10(7-13)9(3)12/h8-10H,4-7,12H2,1-3H3. The quantitative estimate of drug-likeness (QED) is 0.749. The summed E-state index contributed by atoms with van der Waals surface area (Å²) in [6.07, 6.45) is 0.612. The summed E-state index contributed by atoms with van der Waals surface area (Å²) in [5.41, 5.74) is 5.77. The third kappa shape index (κ3) is 3.80. The zero-order chi connectivity index (χ0) is 11.4. The summed E-state index contributed by atoms with van der Waals surface area (Å²) in [4.78, 5) is 13.7. The molecule has 0 radical (unpaired) electrons. The van der Waals surface area contributed by atoms with E-state index in [0.29, 0.717) is 32.0 Å². The van der Waals surface area contributed by atoms with Crippen LogP contribution in [0.1, 0.15) is 27.2 Å². The highest BCUT2D eigenvalue weighted by molar-refractivity contribution is 5.76. The third-order valence-corrected chi connectivity index (χ3v) is 2.62. The SMILES string of the molecule is CC(C)CC(=O)N1CCOC(C(C)N)C1. The van der Waals surface area contributed by atoms with Crippen LogP contribution in [0.5, 0.6) is 0 Å². The summed E-state index contributed by atoms with van der Waals surface area (Å²) in [5.74, 6) is 0.632. The number of rotatable bonds is 3. The summed E-state index contributed by atoms with van der Waals surface area (Å²) in [6.45, 7) is 7.98. The molecule has 15 heavy (non-hydrogen) atoms. The van der Waals surface area contributed by atoms with Gasteiger partial charge in [0.05, 0.1) is 12.7 Å². The highest BCUT2D eigenvalue weighted by Crippen LogP contribution is 2.11. The van der Waals surface area contributed by atoms with Crippen LogP contribution in [0.4, 0.5) is 0 Å². The van der Waals surface area contributed by atoms with Gasteiger partial charge in [0.15, 0.2) is 0 Å². The predicted molar refractivity (Wildman–Crippen MR) is 59.4 cm³/mol. The molecule has 1 amide bonds. The molecule has 0 aromatic carbocycles. The number of amides is 1. The zero-order valence-electron chi connectivity index (χ0n) is 9.90. The molecule has 0 aromatic heterocycles. The Hall–Kier alpha value is -0.610. The van der Waals surface area contributed by atoms with E-state index in [-0.39, 0.29) is 18.1 Å². The van der Waals surface area contributed by atoms with Crippen LogP contribution < -0.4 is 5.73 Å². The molecule has 2 atom stereocenters. The van der Waals surface area contributed by atoms with Gasteiger partial charge in [0.25, 0.3) is 0 Å². The van der Waals surface area contributed by atoms with Crippen molar-refractivity contribution in [2.75, 3.05) is 19.7 Å². The van der Waals surface area contributed by atoms with Crippen molar-refractivity contribution in [3.05, 3.63) is 0 Å². The lowest BCUT2D eigenvalue weighted by Crippen LogP contribution is -2.51. The molecular weight excluding hydrogens is 192 g/mol. The lowest BCUT2D eigenvalue weighted by molar-refractivity contribution is -0.140. The fraction of sp³-hybridized carbons (Fsp3) is 0.909. The number of nitrogens with zero attached hydrogens (tertiary/aromatic N) is 1. The average Bonchev–Trinajstić information content (AvgIpc) is 2.17. The summed E-state index contributed by atoms with van der Waals surface area (Å²) >= 11 is 0. The number of carbonyl (C=O) groups excluding carboxylic acids is 1. The van der Waals surface area contributed by atoms with Crippen LogP contribution in [-0.2, 0) is 9.53 Å². The molecule has 1 rings (SSSR count). The minimum absolute atomic E-state index is 0.00476. The molecule has 1 aliphatic rings. The molecule has 2 unspecified atom stereocenters. The van der Waals surface area contributed by atoms with E-state index < -0.39 is 0 Å². The van der Waals surface area contributed by atoms with Gasteiger partial charge in [-0.05, 0) is 12.8 Å². The van der Waals surface area contributed by atoms with Crippen molar-refractivity contribution in [1.29, 1.82) is 0 Å². The molecular formula is C11H22N2O2. The molecule has 0 aliphatic carbocycles. The van der Waals surface area contributed by atoms with Gasteiger partial charge in [-0.15, -0.1) is 0 Å². The van der Waals surface area contributed by atoms with Gasteiger partial charge in [-0.2, -0.15) is 0 Å². The maximum atomic E-state index is 11.8. The second-order valence-corrected chi connectivity index (χ2v) is 4.71. The minimum Gasteiger partial charge on any atom is -0.373 e. The van der Waals surface area contributed by atoms with E-state index in [9.17, 15) is 4.79 Å². The highest BCUT2D eigenvalue weighted by atomic mass is 16.5. The fourth-order valence-corrected chi connectivity index (χ4v) is 1.70. The topological polar surface area (TPSA) is 55.6 Å². The maximum Gasteiger partial charge on any atom is 0.222 e. The van der Waals surface area contributed by atoms with E-state index in [1.165, 1.54) is 0 Å². The fourth-order valence-electron chi connectivity index (χ4n) is 1.70. The maximum absolute atomic E-state index is 11.8. The van der Waals surface area contributed by atoms with Gasteiger partial charge in [-0.3, -0.25) is 4.79 Å². The van der Waals surface area contributed by atoms with Gasteiger partial charge in [0.2, 0.25) is 5.91 Å².